The average Bonchev–Trinajstić information content (AvgIpc) is 2.88. The molecule has 32 heavy (non-hydrogen) atoms. The van der Waals surface area contributed by atoms with Crippen LogP contribution in [-0.4, -0.2) is 8.07 Å². The maximum atomic E-state index is 3.75. The van der Waals surface area contributed by atoms with Gasteiger partial charge in [0, 0.05) is 11.4 Å². The van der Waals surface area contributed by atoms with Crippen LogP contribution in [-0.2, 0) is 0 Å². The van der Waals surface area contributed by atoms with Gasteiger partial charge in [0.1, 0.15) is 0 Å². The second-order valence-corrected chi connectivity index (χ2v) is 12.0. The van der Waals surface area contributed by atoms with E-state index in [1.54, 1.807) is 0 Å². The summed E-state index contributed by atoms with van der Waals surface area (Å²) in [6.07, 6.45) is 0. The molecule has 1 N–H and O–H groups in total. The van der Waals surface area contributed by atoms with Crippen LogP contribution in [0.15, 0.2) is 133 Å². The molecule has 0 fully saturated rings. The minimum atomic E-state index is -2.50. The van der Waals surface area contributed by atoms with E-state index in [0.717, 1.165) is 0 Å². The van der Waals surface area contributed by atoms with E-state index in [9.17, 15) is 0 Å². The molecule has 0 unspecified atom stereocenters. The molecule has 1 heterocycles. The first-order chi connectivity index (χ1) is 15.9. The van der Waals surface area contributed by atoms with Crippen LogP contribution in [0.1, 0.15) is 0 Å². The Morgan fingerprint density at radius 2 is 0.938 bits per heavy atom. The van der Waals surface area contributed by atoms with Gasteiger partial charge in [0.25, 0.3) is 0 Å². The van der Waals surface area contributed by atoms with E-state index in [1.807, 2.05) is 0 Å². The number of hydrogen-bond donors (Lipinski definition) is 1. The lowest BCUT2D eigenvalue weighted by molar-refractivity contribution is 1.54. The van der Waals surface area contributed by atoms with E-state index in [2.05, 4.69) is 139 Å². The molecule has 0 amide bonds. The van der Waals surface area contributed by atoms with Gasteiger partial charge in [0.15, 0.2) is 8.07 Å². The third-order valence-corrected chi connectivity index (χ3v) is 11.4. The molecule has 5 aromatic rings. The summed E-state index contributed by atoms with van der Waals surface area (Å²) in [7, 11) is -2.50. The predicted molar refractivity (Wildman–Crippen MR) is 139 cm³/mol. The third-order valence-electron chi connectivity index (χ3n) is 6.54. The molecule has 6 rings (SSSR count). The van der Waals surface area contributed by atoms with Crippen molar-refractivity contribution in [1.82, 2.24) is 0 Å². The lowest BCUT2D eigenvalue weighted by Crippen LogP contribution is -2.76. The molecule has 0 atom stereocenters. The van der Waals surface area contributed by atoms with E-state index in [0.29, 0.717) is 0 Å². The lowest BCUT2D eigenvalue weighted by atomic mass is 10.1. The topological polar surface area (TPSA) is 12.0 Å². The summed E-state index contributed by atoms with van der Waals surface area (Å²) in [5.41, 5.74) is 4.93. The van der Waals surface area contributed by atoms with Gasteiger partial charge in [0.05, 0.1) is 0 Å². The molecule has 152 valence electrons. The molecule has 2 heteroatoms. The van der Waals surface area contributed by atoms with E-state index in [4.69, 9.17) is 0 Å². The quantitative estimate of drug-likeness (QED) is 0.402. The van der Waals surface area contributed by atoms with Gasteiger partial charge in [0.2, 0.25) is 0 Å². The number of nitrogens with one attached hydrogen (secondary N) is 1. The molecular formula is C30H23NSi. The zero-order valence-corrected chi connectivity index (χ0v) is 18.7. The monoisotopic (exact) mass is 425 g/mol. The molecule has 0 bridgehead atoms. The van der Waals surface area contributed by atoms with Crippen molar-refractivity contribution >= 4 is 40.2 Å². The summed E-state index contributed by atoms with van der Waals surface area (Å²) in [6.45, 7) is 0. The molecule has 0 aliphatic carbocycles. The van der Waals surface area contributed by atoms with Gasteiger partial charge in [-0.3, -0.25) is 0 Å². The number of anilines is 2. The second-order valence-electron chi connectivity index (χ2n) is 8.28. The molecule has 0 saturated carbocycles. The van der Waals surface area contributed by atoms with Gasteiger partial charge >= 0.3 is 0 Å². The van der Waals surface area contributed by atoms with Crippen molar-refractivity contribution < 1.29 is 0 Å². The van der Waals surface area contributed by atoms with Crippen molar-refractivity contribution in [3.05, 3.63) is 133 Å². The fourth-order valence-corrected chi connectivity index (χ4v) is 10.2. The standard InChI is InChI=1S/C30H23NSi/c1-4-12-23(13-5-1)24-20-21-28-30(22-24)32(25-14-6-2-7-15-25,26-16-8-3-9-17-26)29-19-11-10-18-27(29)31-28/h1-22,31H. The molecule has 0 aromatic heterocycles. The summed E-state index contributed by atoms with van der Waals surface area (Å²) >= 11 is 0. The zero-order chi connectivity index (χ0) is 21.4. The Bertz CT molecular complexity index is 1340. The highest BCUT2D eigenvalue weighted by atomic mass is 28.3. The molecule has 0 radical (unpaired) electrons. The number of rotatable bonds is 3. The van der Waals surface area contributed by atoms with Gasteiger partial charge in [-0.05, 0) is 44.0 Å². The number of fused-ring (bicyclic) bond motifs is 2. The summed E-state index contributed by atoms with van der Waals surface area (Å²) < 4.78 is 0. The molecule has 0 spiro atoms. The van der Waals surface area contributed by atoms with Crippen LogP contribution >= 0.6 is 0 Å². The van der Waals surface area contributed by atoms with Crippen molar-refractivity contribution in [1.29, 1.82) is 0 Å². The van der Waals surface area contributed by atoms with Crippen LogP contribution < -0.4 is 26.1 Å². The van der Waals surface area contributed by atoms with Crippen LogP contribution in [0.3, 0.4) is 0 Å². The summed E-state index contributed by atoms with van der Waals surface area (Å²) in [5, 5.41) is 9.39. The van der Waals surface area contributed by atoms with Crippen LogP contribution in [0.2, 0.25) is 0 Å². The van der Waals surface area contributed by atoms with E-state index in [-0.39, 0.29) is 0 Å². The Labute approximate surface area is 190 Å². The first-order valence-electron chi connectivity index (χ1n) is 11.0. The highest BCUT2D eigenvalue weighted by Crippen LogP contribution is 2.29. The Balaban J connectivity index is 1.74. The number of para-hydroxylation sites is 1. The van der Waals surface area contributed by atoms with Gasteiger partial charge < -0.3 is 5.32 Å². The average molecular weight is 426 g/mol. The van der Waals surface area contributed by atoms with Crippen molar-refractivity contribution in [2.45, 2.75) is 0 Å². The highest BCUT2D eigenvalue weighted by Gasteiger charge is 2.46. The predicted octanol–water partition coefficient (Wildman–Crippen LogP) is 4.79. The summed E-state index contributed by atoms with van der Waals surface area (Å²) in [5.74, 6) is 0. The number of hydrogen-bond acceptors (Lipinski definition) is 1. The Kier molecular flexibility index (Phi) is 4.52. The minimum absolute atomic E-state index is 1.21. The maximum Gasteiger partial charge on any atom is 0.184 e. The van der Waals surface area contributed by atoms with Gasteiger partial charge in [-0.1, -0.05) is 121 Å². The van der Waals surface area contributed by atoms with Crippen LogP contribution in [0.25, 0.3) is 11.1 Å². The van der Waals surface area contributed by atoms with E-state index < -0.39 is 8.07 Å². The molecular weight excluding hydrogens is 402 g/mol. The van der Waals surface area contributed by atoms with Gasteiger partial charge in [-0.2, -0.15) is 0 Å². The smallest absolute Gasteiger partial charge is 0.184 e. The normalized spacial score (nSPS) is 13.5. The molecule has 5 aromatic carbocycles. The largest absolute Gasteiger partial charge is 0.356 e. The van der Waals surface area contributed by atoms with Gasteiger partial charge in [-0.25, -0.2) is 0 Å². The maximum absolute atomic E-state index is 3.75. The molecule has 1 aliphatic heterocycles. The van der Waals surface area contributed by atoms with Crippen LogP contribution in [0, 0.1) is 0 Å². The second kappa shape index (κ2) is 7.67. The third kappa shape index (κ3) is 2.84. The van der Waals surface area contributed by atoms with Crippen molar-refractivity contribution in [2.24, 2.45) is 0 Å². The highest BCUT2D eigenvalue weighted by molar-refractivity contribution is 7.21. The lowest BCUT2D eigenvalue weighted by Gasteiger charge is -2.40. The fraction of sp³-hybridized carbons (Fsp3) is 0. The first kappa shape index (κ1) is 18.9. The Hall–Kier alpha value is -3.88. The summed E-state index contributed by atoms with van der Waals surface area (Å²) in [4.78, 5) is 0. The number of benzene rings is 5. The van der Waals surface area contributed by atoms with Crippen molar-refractivity contribution in [3.63, 3.8) is 0 Å². The Morgan fingerprint density at radius 3 is 1.59 bits per heavy atom. The Morgan fingerprint density at radius 1 is 0.406 bits per heavy atom. The minimum Gasteiger partial charge on any atom is -0.356 e. The van der Waals surface area contributed by atoms with Crippen LogP contribution in [0.4, 0.5) is 11.4 Å². The van der Waals surface area contributed by atoms with Crippen LogP contribution in [0.5, 0.6) is 0 Å². The summed E-state index contributed by atoms with van der Waals surface area (Å²) in [6, 6.07) is 48.7. The van der Waals surface area contributed by atoms with Crippen molar-refractivity contribution in [2.75, 3.05) is 5.32 Å². The fourth-order valence-electron chi connectivity index (χ4n) is 5.15. The van der Waals surface area contributed by atoms with Gasteiger partial charge in [-0.15, -0.1) is 0 Å². The molecule has 0 saturated heterocycles. The van der Waals surface area contributed by atoms with E-state index in [1.165, 1.54) is 43.2 Å². The van der Waals surface area contributed by atoms with Crippen molar-refractivity contribution in [3.8, 4) is 11.1 Å². The van der Waals surface area contributed by atoms with E-state index >= 15 is 0 Å². The SMILES string of the molecule is c1ccc(-c2ccc3c(c2)[Si](c2ccccc2)(c2ccccc2)c2ccccc2N3)cc1. The zero-order valence-electron chi connectivity index (χ0n) is 17.7. The molecule has 1 nitrogen and oxygen atoms in total. The molecule has 1 aliphatic rings. The first-order valence-corrected chi connectivity index (χ1v) is 13.0.